The fourth-order valence-corrected chi connectivity index (χ4v) is 2.35. The molecule has 1 aromatic rings. The highest BCUT2D eigenvalue weighted by atomic mass is 16.3. The Bertz CT molecular complexity index is 354. The minimum absolute atomic E-state index is 0.0568. The normalized spacial score (nSPS) is 24.5. The number of H-pyrrole nitrogens is 1. The van der Waals surface area contributed by atoms with Crippen LogP contribution in [0.2, 0.25) is 0 Å². The van der Waals surface area contributed by atoms with Crippen molar-refractivity contribution in [3.05, 3.63) is 5.82 Å². The average molecular weight is 239 g/mol. The Morgan fingerprint density at radius 2 is 2.18 bits per heavy atom. The second kappa shape index (κ2) is 5.72. The van der Waals surface area contributed by atoms with E-state index < -0.39 is 0 Å². The molecule has 0 radical (unpaired) electrons. The smallest absolute Gasteiger partial charge is 0.292 e. The summed E-state index contributed by atoms with van der Waals surface area (Å²) in [7, 11) is 0. The SMILES string of the molecule is O=C(NCC1CCCCC1CO)c1nn[nH]n1. The van der Waals surface area contributed by atoms with Crippen LogP contribution in [0.4, 0.5) is 0 Å². The van der Waals surface area contributed by atoms with Crippen LogP contribution < -0.4 is 5.32 Å². The monoisotopic (exact) mass is 239 g/mol. The zero-order valence-corrected chi connectivity index (χ0v) is 9.59. The molecule has 1 saturated carbocycles. The molecule has 2 atom stereocenters. The largest absolute Gasteiger partial charge is 0.396 e. The first-order valence-corrected chi connectivity index (χ1v) is 5.93. The van der Waals surface area contributed by atoms with E-state index in [4.69, 9.17) is 0 Å². The van der Waals surface area contributed by atoms with Crippen LogP contribution in [0.5, 0.6) is 0 Å². The standard InChI is InChI=1S/C10H17N5O2/c16-6-8-4-2-1-3-7(8)5-11-10(17)9-12-14-15-13-9/h7-8,16H,1-6H2,(H,11,17)(H,12,13,14,15). The van der Waals surface area contributed by atoms with Gasteiger partial charge in [0.25, 0.3) is 11.7 Å². The summed E-state index contributed by atoms with van der Waals surface area (Å²) in [5.74, 6) is 0.390. The summed E-state index contributed by atoms with van der Waals surface area (Å²) in [6.07, 6.45) is 4.43. The molecule has 0 bridgehead atoms. The predicted octanol–water partition coefficient (Wildman–Crippen LogP) is -0.272. The minimum atomic E-state index is -0.319. The third kappa shape index (κ3) is 3.00. The number of amides is 1. The third-order valence-electron chi connectivity index (χ3n) is 3.37. The van der Waals surface area contributed by atoms with Crippen molar-refractivity contribution < 1.29 is 9.90 Å². The summed E-state index contributed by atoms with van der Waals surface area (Å²) < 4.78 is 0. The van der Waals surface area contributed by atoms with Gasteiger partial charge < -0.3 is 10.4 Å². The molecule has 1 aromatic heterocycles. The van der Waals surface area contributed by atoms with Crippen LogP contribution in [0.25, 0.3) is 0 Å². The molecule has 7 nitrogen and oxygen atoms in total. The lowest BCUT2D eigenvalue weighted by atomic mass is 9.79. The Balaban J connectivity index is 1.82. The molecular formula is C10H17N5O2. The lowest BCUT2D eigenvalue weighted by Crippen LogP contribution is -2.35. The van der Waals surface area contributed by atoms with Crippen molar-refractivity contribution in [3.8, 4) is 0 Å². The van der Waals surface area contributed by atoms with E-state index in [1.54, 1.807) is 0 Å². The first-order valence-electron chi connectivity index (χ1n) is 5.93. The van der Waals surface area contributed by atoms with Gasteiger partial charge in [0.2, 0.25) is 0 Å². The van der Waals surface area contributed by atoms with Gasteiger partial charge in [-0.3, -0.25) is 4.79 Å². The molecule has 17 heavy (non-hydrogen) atoms. The molecule has 1 aliphatic rings. The minimum Gasteiger partial charge on any atom is -0.396 e. The predicted molar refractivity (Wildman–Crippen MR) is 59.0 cm³/mol. The van der Waals surface area contributed by atoms with E-state index in [1.165, 1.54) is 12.8 Å². The molecule has 0 aliphatic heterocycles. The van der Waals surface area contributed by atoms with E-state index in [0.717, 1.165) is 12.8 Å². The van der Waals surface area contributed by atoms with Crippen LogP contribution in [-0.2, 0) is 0 Å². The zero-order valence-electron chi connectivity index (χ0n) is 9.59. The van der Waals surface area contributed by atoms with Crippen molar-refractivity contribution in [2.45, 2.75) is 25.7 Å². The van der Waals surface area contributed by atoms with Gasteiger partial charge in [0, 0.05) is 13.2 Å². The van der Waals surface area contributed by atoms with Gasteiger partial charge in [0.05, 0.1) is 0 Å². The molecule has 1 amide bonds. The number of nitrogens with zero attached hydrogens (tertiary/aromatic N) is 3. The van der Waals surface area contributed by atoms with E-state index in [9.17, 15) is 9.90 Å². The summed E-state index contributed by atoms with van der Waals surface area (Å²) in [6, 6.07) is 0. The maximum Gasteiger partial charge on any atom is 0.292 e. The van der Waals surface area contributed by atoms with Gasteiger partial charge in [-0.25, -0.2) is 0 Å². The Hall–Kier alpha value is -1.50. The van der Waals surface area contributed by atoms with E-state index >= 15 is 0 Å². The topological polar surface area (TPSA) is 104 Å². The molecule has 3 N–H and O–H groups in total. The maximum absolute atomic E-state index is 11.6. The number of nitrogens with one attached hydrogen (secondary N) is 2. The van der Waals surface area contributed by atoms with Crippen LogP contribution in [0, 0.1) is 11.8 Å². The first-order chi connectivity index (χ1) is 8.31. The number of aromatic nitrogens is 4. The zero-order chi connectivity index (χ0) is 12.1. The van der Waals surface area contributed by atoms with Gasteiger partial charge in [-0.2, -0.15) is 5.21 Å². The molecule has 1 heterocycles. The number of aliphatic hydroxyl groups is 1. The summed E-state index contributed by atoms with van der Waals surface area (Å²) in [6.45, 7) is 0.765. The van der Waals surface area contributed by atoms with Crippen molar-refractivity contribution in [2.24, 2.45) is 11.8 Å². The molecule has 7 heteroatoms. The van der Waals surface area contributed by atoms with Gasteiger partial charge >= 0.3 is 0 Å². The van der Waals surface area contributed by atoms with E-state index in [1.807, 2.05) is 0 Å². The number of hydrogen-bond acceptors (Lipinski definition) is 5. The molecular weight excluding hydrogens is 222 g/mol. The number of carbonyl (C=O) groups is 1. The molecule has 1 fully saturated rings. The summed E-state index contributed by atoms with van der Waals surface area (Å²) in [4.78, 5) is 11.6. The van der Waals surface area contributed by atoms with Gasteiger partial charge in [0.1, 0.15) is 0 Å². The van der Waals surface area contributed by atoms with Crippen LogP contribution in [0.15, 0.2) is 0 Å². The quantitative estimate of drug-likeness (QED) is 0.671. The highest BCUT2D eigenvalue weighted by molar-refractivity contribution is 5.89. The van der Waals surface area contributed by atoms with Gasteiger partial charge in [-0.05, 0) is 29.9 Å². The lowest BCUT2D eigenvalue weighted by Gasteiger charge is -2.30. The molecule has 2 unspecified atom stereocenters. The van der Waals surface area contributed by atoms with Crippen molar-refractivity contribution in [1.29, 1.82) is 0 Å². The lowest BCUT2D eigenvalue weighted by molar-refractivity contribution is 0.0899. The van der Waals surface area contributed by atoms with E-state index in [-0.39, 0.29) is 18.3 Å². The van der Waals surface area contributed by atoms with Gasteiger partial charge in [-0.15, -0.1) is 10.2 Å². The average Bonchev–Trinajstić information content (AvgIpc) is 2.90. The van der Waals surface area contributed by atoms with Crippen molar-refractivity contribution in [2.75, 3.05) is 13.2 Å². The van der Waals surface area contributed by atoms with Crippen molar-refractivity contribution in [3.63, 3.8) is 0 Å². The van der Waals surface area contributed by atoms with E-state index in [2.05, 4.69) is 25.9 Å². The molecule has 94 valence electrons. The number of aromatic amines is 1. The van der Waals surface area contributed by atoms with Crippen LogP contribution in [0.3, 0.4) is 0 Å². The second-order valence-electron chi connectivity index (χ2n) is 4.43. The summed E-state index contributed by atoms with van der Waals surface area (Å²) in [5, 5.41) is 24.8. The number of aliphatic hydroxyl groups excluding tert-OH is 1. The molecule has 0 aromatic carbocycles. The fraction of sp³-hybridized carbons (Fsp3) is 0.800. The van der Waals surface area contributed by atoms with Crippen molar-refractivity contribution in [1.82, 2.24) is 25.9 Å². The Labute approximate surface area is 99.0 Å². The number of hydrogen-bond donors (Lipinski definition) is 3. The van der Waals surface area contributed by atoms with E-state index in [0.29, 0.717) is 18.4 Å². The molecule has 0 spiro atoms. The summed E-state index contributed by atoms with van der Waals surface area (Å²) >= 11 is 0. The third-order valence-corrected chi connectivity index (χ3v) is 3.37. The Morgan fingerprint density at radius 1 is 1.41 bits per heavy atom. The van der Waals surface area contributed by atoms with Crippen LogP contribution in [0.1, 0.15) is 36.3 Å². The Kier molecular flexibility index (Phi) is 4.03. The number of rotatable bonds is 4. The molecule has 0 saturated heterocycles. The molecule has 1 aliphatic carbocycles. The van der Waals surface area contributed by atoms with Crippen LogP contribution >= 0.6 is 0 Å². The highest BCUT2D eigenvalue weighted by Crippen LogP contribution is 2.28. The number of tetrazole rings is 1. The van der Waals surface area contributed by atoms with Crippen molar-refractivity contribution >= 4 is 5.91 Å². The fourth-order valence-electron chi connectivity index (χ4n) is 2.35. The van der Waals surface area contributed by atoms with Gasteiger partial charge in [0.15, 0.2) is 0 Å². The summed E-state index contributed by atoms with van der Waals surface area (Å²) in [5.41, 5.74) is 0. The van der Waals surface area contributed by atoms with Crippen LogP contribution in [-0.4, -0.2) is 44.8 Å². The highest BCUT2D eigenvalue weighted by Gasteiger charge is 2.25. The maximum atomic E-state index is 11.6. The number of carbonyl (C=O) groups excluding carboxylic acids is 1. The Morgan fingerprint density at radius 3 is 2.82 bits per heavy atom. The second-order valence-corrected chi connectivity index (χ2v) is 4.43. The first kappa shape index (κ1) is 12.0. The van der Waals surface area contributed by atoms with Gasteiger partial charge in [-0.1, -0.05) is 12.8 Å². The molecule has 2 rings (SSSR count).